The Morgan fingerprint density at radius 2 is 1.79 bits per heavy atom. The molecule has 0 aliphatic rings. The molecule has 1 N–H and O–H groups in total. The van der Waals surface area contributed by atoms with E-state index in [-0.39, 0.29) is 5.56 Å². The molecule has 0 aliphatic carbocycles. The third-order valence-electron chi connectivity index (χ3n) is 1.76. The Balaban J connectivity index is 2.84. The van der Waals surface area contributed by atoms with Crippen LogP contribution in [0.2, 0.25) is 0 Å². The number of aromatic carboxylic acids is 1. The first-order valence-electron chi connectivity index (χ1n) is 4.25. The molecule has 3 nitrogen and oxygen atoms in total. The Morgan fingerprint density at radius 1 is 1.29 bits per heavy atom. The van der Waals surface area contributed by atoms with Gasteiger partial charge in [-0.3, -0.25) is 0 Å². The Kier molecular flexibility index (Phi) is 3.12. The Labute approximate surface area is 83.1 Å². The number of hydrogen-bond acceptors (Lipinski definition) is 2. The fourth-order valence-electron chi connectivity index (χ4n) is 1.19. The quantitative estimate of drug-likeness (QED) is 0.783. The molecule has 0 saturated heterocycles. The molecular weight excluding hydrogens is 199 g/mol. The van der Waals surface area contributed by atoms with Crippen LogP contribution in [0.3, 0.4) is 0 Å². The zero-order chi connectivity index (χ0) is 10.8. The molecule has 0 atom stereocenters. The van der Waals surface area contributed by atoms with Gasteiger partial charge in [-0.25, -0.2) is 4.79 Å². The van der Waals surface area contributed by atoms with Crippen molar-refractivity contribution in [3.63, 3.8) is 0 Å². The molecule has 0 radical (unpaired) electrons. The molecule has 14 heavy (non-hydrogen) atoms. The zero-order valence-corrected chi connectivity index (χ0v) is 9.12. The van der Waals surface area contributed by atoms with Crippen molar-refractivity contribution in [2.75, 3.05) is 13.3 Å². The molecule has 0 unspecified atom stereocenters. The Hall–Kier alpha value is -1.08. The summed E-state index contributed by atoms with van der Waals surface area (Å²) < 4.78 is 11.5. The zero-order valence-electron chi connectivity index (χ0n) is 8.23. The van der Waals surface area contributed by atoms with Gasteiger partial charge in [0.2, 0.25) is 0 Å². The van der Waals surface area contributed by atoms with Crippen LogP contribution in [-0.2, 0) is 10.7 Å². The average Bonchev–Trinajstić information content (AvgIpc) is 2.02. The molecule has 1 aromatic carbocycles. The predicted molar refractivity (Wildman–Crippen MR) is 56.6 cm³/mol. The second-order valence-electron chi connectivity index (χ2n) is 3.73. The van der Waals surface area contributed by atoms with Crippen molar-refractivity contribution in [3.05, 3.63) is 35.4 Å². The monoisotopic (exact) mass is 212 g/mol. The molecule has 0 saturated carbocycles. The fraction of sp³-hybridized carbons (Fsp3) is 0.300. The predicted octanol–water partition coefficient (Wildman–Crippen LogP) is 2.51. The van der Waals surface area contributed by atoms with Crippen molar-refractivity contribution in [1.29, 1.82) is 0 Å². The molecule has 0 amide bonds. The van der Waals surface area contributed by atoms with Gasteiger partial charge in [0.15, 0.2) is 0 Å². The van der Waals surface area contributed by atoms with Gasteiger partial charge in [0, 0.05) is 6.16 Å². The lowest BCUT2D eigenvalue weighted by molar-refractivity contribution is 0.0697. The summed E-state index contributed by atoms with van der Waals surface area (Å²) in [5.41, 5.74) is 1.18. The van der Waals surface area contributed by atoms with Gasteiger partial charge >= 0.3 is 5.97 Å². The van der Waals surface area contributed by atoms with Gasteiger partial charge in [0.05, 0.1) is 12.7 Å². The summed E-state index contributed by atoms with van der Waals surface area (Å²) in [6, 6.07) is 6.49. The standard InChI is InChI=1S/C10H13O3P/c1-14(2,13)7-8-3-5-9(6-4-8)10(11)12/h3-6H,7H2,1-2H3,(H,11,12). The molecule has 0 aromatic heterocycles. The van der Waals surface area contributed by atoms with Crippen molar-refractivity contribution in [1.82, 2.24) is 0 Å². The van der Waals surface area contributed by atoms with E-state index >= 15 is 0 Å². The van der Waals surface area contributed by atoms with Crippen LogP contribution in [0.4, 0.5) is 0 Å². The smallest absolute Gasteiger partial charge is 0.335 e. The minimum Gasteiger partial charge on any atom is -0.478 e. The van der Waals surface area contributed by atoms with E-state index in [4.69, 9.17) is 5.11 Å². The molecule has 1 rings (SSSR count). The molecule has 0 bridgehead atoms. The molecule has 76 valence electrons. The molecule has 0 fully saturated rings. The summed E-state index contributed by atoms with van der Waals surface area (Å²) in [7, 11) is -2.07. The largest absolute Gasteiger partial charge is 0.478 e. The van der Waals surface area contributed by atoms with Gasteiger partial charge < -0.3 is 9.67 Å². The lowest BCUT2D eigenvalue weighted by atomic mass is 10.1. The molecule has 0 spiro atoms. The highest BCUT2D eigenvalue weighted by molar-refractivity contribution is 7.61. The number of carboxylic acid groups (broad SMARTS) is 1. The van der Waals surface area contributed by atoms with E-state index in [2.05, 4.69) is 0 Å². The van der Waals surface area contributed by atoms with Crippen molar-refractivity contribution in [2.24, 2.45) is 0 Å². The van der Waals surface area contributed by atoms with E-state index in [1.54, 1.807) is 25.5 Å². The number of carbonyl (C=O) groups is 1. The lowest BCUT2D eigenvalue weighted by Crippen LogP contribution is -1.96. The second-order valence-corrected chi connectivity index (χ2v) is 7.20. The highest BCUT2D eigenvalue weighted by atomic mass is 31.2. The van der Waals surface area contributed by atoms with E-state index in [0.717, 1.165) is 5.56 Å². The summed E-state index contributed by atoms with van der Waals surface area (Å²) in [6.07, 6.45) is 0.521. The van der Waals surface area contributed by atoms with Crippen LogP contribution in [0.15, 0.2) is 24.3 Å². The van der Waals surface area contributed by atoms with E-state index in [1.165, 1.54) is 12.1 Å². The van der Waals surface area contributed by atoms with Crippen LogP contribution < -0.4 is 0 Å². The summed E-state index contributed by atoms with van der Waals surface area (Å²) in [4.78, 5) is 10.5. The third-order valence-corrected chi connectivity index (χ3v) is 2.89. The first-order valence-corrected chi connectivity index (χ1v) is 7.03. The highest BCUT2D eigenvalue weighted by Crippen LogP contribution is 2.40. The van der Waals surface area contributed by atoms with E-state index < -0.39 is 13.1 Å². The summed E-state index contributed by atoms with van der Waals surface area (Å²) >= 11 is 0. The SMILES string of the molecule is CP(C)(=O)Cc1ccc(C(=O)O)cc1. The van der Waals surface area contributed by atoms with Crippen LogP contribution in [0.25, 0.3) is 0 Å². The molecule has 4 heteroatoms. The maximum absolute atomic E-state index is 11.5. The molecule has 1 aromatic rings. The first-order chi connectivity index (χ1) is 6.38. The van der Waals surface area contributed by atoms with Crippen molar-refractivity contribution in [2.45, 2.75) is 6.16 Å². The minimum atomic E-state index is -2.07. The van der Waals surface area contributed by atoms with Gasteiger partial charge in [0.25, 0.3) is 0 Å². The van der Waals surface area contributed by atoms with E-state index in [1.807, 2.05) is 0 Å². The maximum atomic E-state index is 11.5. The first kappa shape index (κ1) is 11.0. The van der Waals surface area contributed by atoms with Crippen LogP contribution in [-0.4, -0.2) is 24.4 Å². The lowest BCUT2D eigenvalue weighted by Gasteiger charge is -2.06. The van der Waals surface area contributed by atoms with Crippen LogP contribution in [0.5, 0.6) is 0 Å². The molecule has 0 aliphatic heterocycles. The summed E-state index contributed by atoms with van der Waals surface area (Å²) in [5, 5.41) is 8.65. The van der Waals surface area contributed by atoms with Crippen LogP contribution >= 0.6 is 7.14 Å². The Bertz CT molecular complexity index is 375. The Morgan fingerprint density at radius 3 is 2.14 bits per heavy atom. The van der Waals surface area contributed by atoms with E-state index in [9.17, 15) is 9.36 Å². The second kappa shape index (κ2) is 3.97. The average molecular weight is 212 g/mol. The van der Waals surface area contributed by atoms with E-state index in [0.29, 0.717) is 6.16 Å². The topological polar surface area (TPSA) is 54.4 Å². The highest BCUT2D eigenvalue weighted by Gasteiger charge is 2.09. The molecule has 0 heterocycles. The van der Waals surface area contributed by atoms with Gasteiger partial charge in [-0.1, -0.05) is 12.1 Å². The maximum Gasteiger partial charge on any atom is 0.335 e. The third kappa shape index (κ3) is 3.35. The number of benzene rings is 1. The number of hydrogen-bond donors (Lipinski definition) is 1. The van der Waals surface area contributed by atoms with Crippen LogP contribution in [0, 0.1) is 0 Å². The van der Waals surface area contributed by atoms with Gasteiger partial charge in [-0.15, -0.1) is 0 Å². The van der Waals surface area contributed by atoms with Gasteiger partial charge in [-0.2, -0.15) is 0 Å². The van der Waals surface area contributed by atoms with Gasteiger partial charge in [0.1, 0.15) is 0 Å². The van der Waals surface area contributed by atoms with Crippen molar-refractivity contribution >= 4 is 13.1 Å². The van der Waals surface area contributed by atoms with Crippen molar-refractivity contribution < 1.29 is 14.5 Å². The number of rotatable bonds is 3. The van der Waals surface area contributed by atoms with Crippen molar-refractivity contribution in [3.8, 4) is 0 Å². The van der Waals surface area contributed by atoms with Crippen LogP contribution in [0.1, 0.15) is 15.9 Å². The summed E-state index contributed by atoms with van der Waals surface area (Å²) in [6.45, 7) is 3.44. The van der Waals surface area contributed by atoms with Gasteiger partial charge in [-0.05, 0) is 31.0 Å². The minimum absolute atomic E-state index is 0.260. The fourth-order valence-corrected chi connectivity index (χ4v) is 2.28. The normalized spacial score (nSPS) is 11.3. The number of carboxylic acids is 1. The molecular formula is C10H13O3P. The summed E-state index contributed by atoms with van der Waals surface area (Å²) in [5.74, 6) is -0.937.